The van der Waals surface area contributed by atoms with Crippen LogP contribution in [0, 0.1) is 0 Å². The van der Waals surface area contributed by atoms with Crippen LogP contribution in [0.1, 0.15) is 20.8 Å². The van der Waals surface area contributed by atoms with E-state index >= 15 is 0 Å². The summed E-state index contributed by atoms with van der Waals surface area (Å²) in [5, 5.41) is 3.32. The monoisotopic (exact) mass is 245 g/mol. The number of hydrogen-bond donors (Lipinski definition) is 1. The second-order valence-corrected chi connectivity index (χ2v) is 4.32. The van der Waals surface area contributed by atoms with Gasteiger partial charge in [0.2, 0.25) is 5.95 Å². The molecule has 0 atom stereocenters. The normalized spacial score (nSPS) is 10.7. The highest BCUT2D eigenvalue weighted by molar-refractivity contribution is 5.51. The van der Waals surface area contributed by atoms with Crippen LogP contribution in [-0.2, 0) is 0 Å². The number of nitrogens with one attached hydrogen (secondary N) is 1. The largest absolute Gasteiger partial charge is 0.492 e. The molecule has 18 heavy (non-hydrogen) atoms. The Morgan fingerprint density at radius 2 is 2.11 bits per heavy atom. The summed E-state index contributed by atoms with van der Waals surface area (Å²) in [5.74, 6) is 1.70. The quantitative estimate of drug-likeness (QED) is 0.879. The molecule has 0 saturated heterocycles. The first-order valence-electron chi connectivity index (χ1n) is 6.24. The molecule has 0 amide bonds. The van der Waals surface area contributed by atoms with Crippen molar-refractivity contribution in [2.24, 2.45) is 0 Å². The predicted octanol–water partition coefficient (Wildman–Crippen LogP) is 3.09. The van der Waals surface area contributed by atoms with Crippen molar-refractivity contribution in [3.05, 3.63) is 36.7 Å². The van der Waals surface area contributed by atoms with Gasteiger partial charge >= 0.3 is 0 Å². The maximum absolute atomic E-state index is 5.64. The molecule has 1 N–H and O–H groups in total. The molecule has 0 unspecified atom stereocenters. The van der Waals surface area contributed by atoms with Crippen LogP contribution in [0.25, 0.3) is 5.69 Å². The van der Waals surface area contributed by atoms with Crippen molar-refractivity contribution in [2.75, 3.05) is 11.9 Å². The van der Waals surface area contributed by atoms with Gasteiger partial charge in [-0.1, -0.05) is 12.1 Å². The number of para-hydroxylation sites is 2. The molecule has 2 aromatic rings. The third kappa shape index (κ3) is 2.64. The average molecular weight is 245 g/mol. The van der Waals surface area contributed by atoms with Gasteiger partial charge < -0.3 is 10.1 Å². The standard InChI is InChI=1S/C14H19N3O/c1-4-18-13-8-6-5-7-12(13)17-10-9-15-14(17)16-11(2)3/h5-11H,4H2,1-3H3,(H,15,16). The molecule has 0 spiro atoms. The Morgan fingerprint density at radius 1 is 1.33 bits per heavy atom. The summed E-state index contributed by atoms with van der Waals surface area (Å²) in [6, 6.07) is 8.30. The Balaban J connectivity index is 2.39. The van der Waals surface area contributed by atoms with Crippen molar-refractivity contribution in [1.82, 2.24) is 9.55 Å². The summed E-state index contributed by atoms with van der Waals surface area (Å²) in [6.45, 7) is 6.82. The molecule has 96 valence electrons. The molecule has 0 aliphatic carbocycles. The van der Waals surface area contributed by atoms with Gasteiger partial charge in [-0.05, 0) is 32.9 Å². The molecule has 1 aromatic heterocycles. The van der Waals surface area contributed by atoms with Crippen LogP contribution in [0.4, 0.5) is 5.95 Å². The number of ether oxygens (including phenoxy) is 1. The third-order valence-electron chi connectivity index (χ3n) is 2.48. The lowest BCUT2D eigenvalue weighted by molar-refractivity contribution is 0.339. The Hall–Kier alpha value is -1.97. The average Bonchev–Trinajstić information content (AvgIpc) is 2.77. The number of benzene rings is 1. The van der Waals surface area contributed by atoms with E-state index in [0.717, 1.165) is 17.4 Å². The van der Waals surface area contributed by atoms with Crippen LogP contribution in [0.2, 0.25) is 0 Å². The lowest BCUT2D eigenvalue weighted by atomic mass is 10.3. The van der Waals surface area contributed by atoms with Crippen molar-refractivity contribution < 1.29 is 4.74 Å². The van der Waals surface area contributed by atoms with E-state index in [9.17, 15) is 0 Å². The summed E-state index contributed by atoms with van der Waals surface area (Å²) >= 11 is 0. The number of anilines is 1. The maximum Gasteiger partial charge on any atom is 0.207 e. The first kappa shape index (κ1) is 12.5. The minimum Gasteiger partial charge on any atom is -0.492 e. The summed E-state index contributed by atoms with van der Waals surface area (Å²) in [4.78, 5) is 4.33. The lowest BCUT2D eigenvalue weighted by Crippen LogP contribution is -2.14. The first-order valence-corrected chi connectivity index (χ1v) is 6.24. The van der Waals surface area contributed by atoms with E-state index in [1.165, 1.54) is 0 Å². The molecule has 0 bridgehead atoms. The van der Waals surface area contributed by atoms with Crippen molar-refractivity contribution in [3.63, 3.8) is 0 Å². The topological polar surface area (TPSA) is 39.1 Å². The van der Waals surface area contributed by atoms with Gasteiger partial charge in [0.1, 0.15) is 5.75 Å². The number of imidazole rings is 1. The Labute approximate surface area is 108 Å². The summed E-state index contributed by atoms with van der Waals surface area (Å²) < 4.78 is 7.65. The molecular weight excluding hydrogens is 226 g/mol. The lowest BCUT2D eigenvalue weighted by Gasteiger charge is -2.15. The zero-order chi connectivity index (χ0) is 13.0. The number of rotatable bonds is 5. The molecule has 0 radical (unpaired) electrons. The van der Waals surface area contributed by atoms with E-state index in [0.29, 0.717) is 12.6 Å². The minimum absolute atomic E-state index is 0.338. The zero-order valence-electron chi connectivity index (χ0n) is 11.1. The molecular formula is C14H19N3O. The minimum atomic E-state index is 0.338. The number of hydrogen-bond acceptors (Lipinski definition) is 3. The highest BCUT2D eigenvalue weighted by atomic mass is 16.5. The molecule has 0 saturated carbocycles. The highest BCUT2D eigenvalue weighted by Crippen LogP contribution is 2.25. The van der Waals surface area contributed by atoms with E-state index in [2.05, 4.69) is 24.1 Å². The maximum atomic E-state index is 5.64. The van der Waals surface area contributed by atoms with Gasteiger partial charge in [0.15, 0.2) is 0 Å². The van der Waals surface area contributed by atoms with E-state index in [-0.39, 0.29) is 0 Å². The molecule has 0 aliphatic heterocycles. The third-order valence-corrected chi connectivity index (χ3v) is 2.48. The van der Waals surface area contributed by atoms with Crippen molar-refractivity contribution in [2.45, 2.75) is 26.8 Å². The molecule has 4 heteroatoms. The van der Waals surface area contributed by atoms with E-state index in [1.54, 1.807) is 6.20 Å². The van der Waals surface area contributed by atoms with Crippen molar-refractivity contribution in [1.29, 1.82) is 0 Å². The van der Waals surface area contributed by atoms with Gasteiger partial charge in [0.05, 0.1) is 12.3 Å². The smallest absolute Gasteiger partial charge is 0.207 e. The molecule has 0 fully saturated rings. The van der Waals surface area contributed by atoms with Gasteiger partial charge in [-0.25, -0.2) is 4.98 Å². The van der Waals surface area contributed by atoms with Crippen LogP contribution < -0.4 is 10.1 Å². The second kappa shape index (κ2) is 5.58. The summed E-state index contributed by atoms with van der Waals surface area (Å²) in [7, 11) is 0. The fourth-order valence-corrected chi connectivity index (χ4v) is 1.80. The molecule has 1 aromatic carbocycles. The molecule has 0 aliphatic rings. The van der Waals surface area contributed by atoms with Crippen LogP contribution in [0.5, 0.6) is 5.75 Å². The van der Waals surface area contributed by atoms with Gasteiger partial charge in [0, 0.05) is 18.4 Å². The van der Waals surface area contributed by atoms with Crippen LogP contribution in [0.15, 0.2) is 36.7 Å². The molecule has 2 rings (SSSR count). The first-order chi connectivity index (χ1) is 8.72. The van der Waals surface area contributed by atoms with E-state index < -0.39 is 0 Å². The number of aromatic nitrogens is 2. The van der Waals surface area contributed by atoms with Gasteiger partial charge in [-0.3, -0.25) is 4.57 Å². The Morgan fingerprint density at radius 3 is 2.83 bits per heavy atom. The fourth-order valence-electron chi connectivity index (χ4n) is 1.80. The zero-order valence-corrected chi connectivity index (χ0v) is 11.1. The second-order valence-electron chi connectivity index (χ2n) is 4.32. The highest BCUT2D eigenvalue weighted by Gasteiger charge is 2.10. The van der Waals surface area contributed by atoms with Crippen LogP contribution in [-0.4, -0.2) is 22.2 Å². The number of nitrogens with zero attached hydrogens (tertiary/aromatic N) is 2. The van der Waals surface area contributed by atoms with Crippen molar-refractivity contribution in [3.8, 4) is 11.4 Å². The molecule has 4 nitrogen and oxygen atoms in total. The Kier molecular flexibility index (Phi) is 3.87. The van der Waals surface area contributed by atoms with Gasteiger partial charge in [0.25, 0.3) is 0 Å². The summed E-state index contributed by atoms with van der Waals surface area (Å²) in [5.41, 5.74) is 1.00. The van der Waals surface area contributed by atoms with Gasteiger partial charge in [-0.2, -0.15) is 0 Å². The summed E-state index contributed by atoms with van der Waals surface area (Å²) in [6.07, 6.45) is 3.72. The van der Waals surface area contributed by atoms with E-state index in [1.807, 2.05) is 42.0 Å². The van der Waals surface area contributed by atoms with Crippen LogP contribution >= 0.6 is 0 Å². The predicted molar refractivity (Wildman–Crippen MR) is 73.5 cm³/mol. The molecule has 1 heterocycles. The van der Waals surface area contributed by atoms with Gasteiger partial charge in [-0.15, -0.1) is 0 Å². The fraction of sp³-hybridized carbons (Fsp3) is 0.357. The van der Waals surface area contributed by atoms with E-state index in [4.69, 9.17) is 4.74 Å². The Bertz CT molecular complexity index is 505. The van der Waals surface area contributed by atoms with Crippen molar-refractivity contribution >= 4 is 5.95 Å². The SMILES string of the molecule is CCOc1ccccc1-n1ccnc1NC(C)C. The van der Waals surface area contributed by atoms with Crippen LogP contribution in [0.3, 0.4) is 0 Å².